The summed E-state index contributed by atoms with van der Waals surface area (Å²) < 4.78 is 41.0. The van der Waals surface area contributed by atoms with Gasteiger partial charge in [0, 0.05) is 5.92 Å². The SMILES string of the molecule is CC(C)c1nc(C(=O)NCC(F)(F)CN)nn1-c1cccc(F)c1. The molecular formula is C15H18F3N5O. The first-order valence-corrected chi connectivity index (χ1v) is 7.32. The van der Waals surface area contributed by atoms with E-state index in [9.17, 15) is 18.0 Å². The van der Waals surface area contributed by atoms with Crippen molar-refractivity contribution in [3.8, 4) is 5.69 Å². The van der Waals surface area contributed by atoms with Crippen molar-refractivity contribution < 1.29 is 18.0 Å². The van der Waals surface area contributed by atoms with Crippen LogP contribution in [-0.4, -0.2) is 39.7 Å². The van der Waals surface area contributed by atoms with E-state index >= 15 is 0 Å². The number of hydrogen-bond donors (Lipinski definition) is 2. The minimum absolute atomic E-state index is 0.118. The zero-order valence-corrected chi connectivity index (χ0v) is 13.3. The van der Waals surface area contributed by atoms with Gasteiger partial charge in [0.2, 0.25) is 5.82 Å². The molecule has 0 aliphatic heterocycles. The molecule has 0 radical (unpaired) electrons. The van der Waals surface area contributed by atoms with Gasteiger partial charge in [0.15, 0.2) is 0 Å². The van der Waals surface area contributed by atoms with Gasteiger partial charge in [-0.2, -0.15) is 0 Å². The van der Waals surface area contributed by atoms with Gasteiger partial charge in [-0.25, -0.2) is 22.8 Å². The summed E-state index contributed by atoms with van der Waals surface area (Å²) in [6.07, 6.45) is 0. The highest BCUT2D eigenvalue weighted by Gasteiger charge is 2.28. The Morgan fingerprint density at radius 1 is 1.42 bits per heavy atom. The van der Waals surface area contributed by atoms with Gasteiger partial charge in [-0.3, -0.25) is 4.79 Å². The molecule has 3 N–H and O–H groups in total. The monoisotopic (exact) mass is 341 g/mol. The number of carbonyl (C=O) groups excluding carboxylic acids is 1. The van der Waals surface area contributed by atoms with E-state index in [-0.39, 0.29) is 11.7 Å². The third kappa shape index (κ3) is 4.10. The van der Waals surface area contributed by atoms with Gasteiger partial charge < -0.3 is 11.1 Å². The highest BCUT2D eigenvalue weighted by molar-refractivity contribution is 5.90. The van der Waals surface area contributed by atoms with Crippen molar-refractivity contribution in [1.82, 2.24) is 20.1 Å². The summed E-state index contributed by atoms with van der Waals surface area (Å²) >= 11 is 0. The maximum atomic E-state index is 13.4. The molecule has 0 bridgehead atoms. The third-order valence-electron chi connectivity index (χ3n) is 3.21. The van der Waals surface area contributed by atoms with E-state index in [4.69, 9.17) is 5.73 Å². The number of nitrogens with zero attached hydrogens (tertiary/aromatic N) is 3. The van der Waals surface area contributed by atoms with E-state index in [0.29, 0.717) is 11.5 Å². The molecule has 1 aromatic carbocycles. The van der Waals surface area contributed by atoms with E-state index in [2.05, 4.69) is 15.4 Å². The van der Waals surface area contributed by atoms with Crippen LogP contribution in [0.15, 0.2) is 24.3 Å². The number of halogens is 3. The van der Waals surface area contributed by atoms with Crippen LogP contribution in [0.4, 0.5) is 13.2 Å². The van der Waals surface area contributed by atoms with Crippen LogP contribution in [0.1, 0.15) is 36.2 Å². The molecule has 1 heterocycles. The molecule has 130 valence electrons. The van der Waals surface area contributed by atoms with Crippen LogP contribution in [-0.2, 0) is 0 Å². The number of rotatable bonds is 6. The van der Waals surface area contributed by atoms with Crippen molar-refractivity contribution >= 4 is 5.91 Å². The van der Waals surface area contributed by atoms with Crippen molar-refractivity contribution in [2.45, 2.75) is 25.7 Å². The molecule has 2 rings (SSSR count). The Kier molecular flexibility index (Phi) is 5.23. The number of alkyl halides is 2. The Morgan fingerprint density at radius 3 is 2.71 bits per heavy atom. The Hall–Kier alpha value is -2.42. The topological polar surface area (TPSA) is 85.8 Å². The molecule has 24 heavy (non-hydrogen) atoms. The summed E-state index contributed by atoms with van der Waals surface area (Å²) in [5, 5.41) is 6.07. The predicted molar refractivity (Wildman–Crippen MR) is 81.7 cm³/mol. The Morgan fingerprint density at radius 2 is 2.12 bits per heavy atom. The van der Waals surface area contributed by atoms with Crippen molar-refractivity contribution in [1.29, 1.82) is 0 Å². The van der Waals surface area contributed by atoms with Crippen LogP contribution in [0, 0.1) is 5.82 Å². The molecule has 2 aromatic rings. The van der Waals surface area contributed by atoms with Gasteiger partial charge >= 0.3 is 0 Å². The number of hydrogen-bond acceptors (Lipinski definition) is 4. The van der Waals surface area contributed by atoms with Gasteiger partial charge in [0.1, 0.15) is 11.6 Å². The van der Waals surface area contributed by atoms with E-state index < -0.39 is 30.7 Å². The minimum Gasteiger partial charge on any atom is -0.343 e. The Labute approximate surface area is 136 Å². The maximum Gasteiger partial charge on any atom is 0.291 e. The number of amides is 1. The summed E-state index contributed by atoms with van der Waals surface area (Å²) in [7, 11) is 0. The first-order valence-electron chi connectivity index (χ1n) is 7.32. The number of benzene rings is 1. The number of nitrogens with two attached hydrogens (primary N) is 1. The second-order valence-corrected chi connectivity index (χ2v) is 5.58. The lowest BCUT2D eigenvalue weighted by Crippen LogP contribution is -2.41. The molecule has 1 amide bonds. The van der Waals surface area contributed by atoms with E-state index in [1.165, 1.54) is 22.9 Å². The standard InChI is InChI=1S/C15H18F3N5O/c1-9(2)13-21-12(14(24)20-8-15(17,18)7-19)22-23(13)11-5-3-4-10(16)6-11/h3-6,9H,7-8,19H2,1-2H3,(H,20,24). The van der Waals surface area contributed by atoms with Crippen LogP contribution in [0.3, 0.4) is 0 Å². The molecule has 0 aliphatic carbocycles. The molecule has 0 aliphatic rings. The fourth-order valence-electron chi connectivity index (χ4n) is 1.95. The van der Waals surface area contributed by atoms with Crippen LogP contribution in [0.25, 0.3) is 5.69 Å². The average Bonchev–Trinajstić information content (AvgIpc) is 2.98. The first-order chi connectivity index (χ1) is 11.2. The second kappa shape index (κ2) is 7.00. The summed E-state index contributed by atoms with van der Waals surface area (Å²) in [4.78, 5) is 16.1. The fraction of sp³-hybridized carbons (Fsp3) is 0.400. The second-order valence-electron chi connectivity index (χ2n) is 5.58. The van der Waals surface area contributed by atoms with Gasteiger partial charge in [0.25, 0.3) is 11.8 Å². The van der Waals surface area contributed by atoms with Crippen molar-refractivity contribution in [3.63, 3.8) is 0 Å². The maximum absolute atomic E-state index is 13.4. The van der Waals surface area contributed by atoms with Crippen LogP contribution >= 0.6 is 0 Å². The summed E-state index contributed by atoms with van der Waals surface area (Å²) in [5.41, 5.74) is 5.30. The van der Waals surface area contributed by atoms with Gasteiger partial charge in [-0.15, -0.1) is 5.10 Å². The molecule has 0 atom stereocenters. The largest absolute Gasteiger partial charge is 0.343 e. The summed E-state index contributed by atoms with van der Waals surface area (Å²) in [5.74, 6) is -4.49. The molecule has 1 aromatic heterocycles. The smallest absolute Gasteiger partial charge is 0.291 e. The van der Waals surface area contributed by atoms with Gasteiger partial charge in [0.05, 0.1) is 18.8 Å². The van der Waals surface area contributed by atoms with Crippen molar-refractivity contribution in [2.24, 2.45) is 5.73 Å². The molecule has 0 fully saturated rings. The van der Waals surface area contributed by atoms with Crippen molar-refractivity contribution in [3.05, 3.63) is 41.7 Å². The lowest BCUT2D eigenvalue weighted by molar-refractivity contribution is 0.0117. The molecule has 6 nitrogen and oxygen atoms in total. The Balaban J connectivity index is 2.30. The normalized spacial score (nSPS) is 11.8. The third-order valence-corrected chi connectivity index (χ3v) is 3.21. The first kappa shape index (κ1) is 17.9. The van der Waals surface area contributed by atoms with E-state index in [1.807, 2.05) is 13.8 Å². The summed E-state index contributed by atoms with van der Waals surface area (Å²) in [6, 6.07) is 5.62. The van der Waals surface area contributed by atoms with E-state index in [0.717, 1.165) is 0 Å². The zero-order chi connectivity index (χ0) is 17.9. The molecule has 0 saturated carbocycles. The number of nitrogens with one attached hydrogen (secondary N) is 1. The quantitative estimate of drug-likeness (QED) is 0.840. The molecule has 0 spiro atoms. The number of carbonyl (C=O) groups is 1. The van der Waals surface area contributed by atoms with Crippen LogP contribution in [0.5, 0.6) is 0 Å². The molecule has 9 heteroatoms. The molecular weight excluding hydrogens is 323 g/mol. The van der Waals surface area contributed by atoms with Gasteiger partial charge in [-0.1, -0.05) is 19.9 Å². The van der Waals surface area contributed by atoms with Crippen molar-refractivity contribution in [2.75, 3.05) is 13.1 Å². The summed E-state index contributed by atoms with van der Waals surface area (Å²) in [6.45, 7) is 1.86. The predicted octanol–water partition coefficient (Wildman–Crippen LogP) is 1.85. The van der Waals surface area contributed by atoms with Gasteiger partial charge in [-0.05, 0) is 18.2 Å². The van der Waals surface area contributed by atoms with E-state index in [1.54, 1.807) is 6.07 Å². The average molecular weight is 341 g/mol. The van der Waals surface area contributed by atoms with Crippen LogP contribution < -0.4 is 11.1 Å². The zero-order valence-electron chi connectivity index (χ0n) is 13.3. The molecule has 0 unspecified atom stereocenters. The lowest BCUT2D eigenvalue weighted by Gasteiger charge is -2.13. The van der Waals surface area contributed by atoms with Crippen LogP contribution in [0.2, 0.25) is 0 Å². The Bertz CT molecular complexity index is 730. The lowest BCUT2D eigenvalue weighted by atomic mass is 10.2. The fourth-order valence-corrected chi connectivity index (χ4v) is 1.95. The highest BCUT2D eigenvalue weighted by atomic mass is 19.3. The molecule has 0 saturated heterocycles. The highest BCUT2D eigenvalue weighted by Crippen LogP contribution is 2.18. The minimum atomic E-state index is -3.21. The number of aromatic nitrogens is 3.